The first-order chi connectivity index (χ1) is 20.0. The maximum absolute atomic E-state index is 15.9. The summed E-state index contributed by atoms with van der Waals surface area (Å²) in [5.41, 5.74) is 7.47. The highest BCUT2D eigenvalue weighted by Gasteiger charge is 2.46. The van der Waals surface area contributed by atoms with E-state index in [1.165, 1.54) is 0 Å². The summed E-state index contributed by atoms with van der Waals surface area (Å²) in [5, 5.41) is 0.267. The molecule has 0 bridgehead atoms. The molecule has 0 aliphatic heterocycles. The van der Waals surface area contributed by atoms with Crippen molar-refractivity contribution in [2.75, 3.05) is 0 Å². The van der Waals surface area contributed by atoms with Crippen molar-refractivity contribution in [1.82, 2.24) is 0 Å². The Kier molecular flexibility index (Phi) is 7.99. The van der Waals surface area contributed by atoms with Gasteiger partial charge in [-0.25, -0.2) is 0 Å². The Morgan fingerprint density at radius 2 is 0.905 bits per heavy atom. The highest BCUT2D eigenvalue weighted by atomic mass is 31.2. The van der Waals surface area contributed by atoms with Gasteiger partial charge in [0.05, 0.1) is 0 Å². The molecular weight excluding hydrogens is 535 g/mol. The smallest absolute Gasteiger partial charge is 0.249 e. The van der Waals surface area contributed by atoms with Gasteiger partial charge in [0.1, 0.15) is 0 Å². The van der Waals surface area contributed by atoms with Crippen LogP contribution < -0.4 is 5.30 Å². The number of aryl methyl sites for hydroxylation is 6. The normalized spacial score (nSPS) is 11.4. The number of hydrogen-bond donors (Lipinski definition) is 0. The van der Waals surface area contributed by atoms with Crippen molar-refractivity contribution in [3.63, 3.8) is 0 Å². The largest absolute Gasteiger partial charge is 0.302 e. The van der Waals surface area contributed by atoms with Gasteiger partial charge in [-0.2, -0.15) is 0 Å². The number of carbonyl (C=O) groups excluding carboxylic acids is 2. The lowest BCUT2D eigenvalue weighted by Gasteiger charge is -2.25. The minimum Gasteiger partial charge on any atom is -0.302 e. The molecule has 0 saturated heterocycles. The maximum Gasteiger partial charge on any atom is 0.249 e. The van der Waals surface area contributed by atoms with Crippen LogP contribution in [0.25, 0.3) is 22.3 Å². The summed E-state index contributed by atoms with van der Waals surface area (Å²) in [6.45, 7) is 11.3. The second-order valence-electron chi connectivity index (χ2n) is 11.2. The van der Waals surface area contributed by atoms with Crippen molar-refractivity contribution in [2.24, 2.45) is 0 Å². The molecule has 4 heteroatoms. The molecule has 0 saturated carbocycles. The van der Waals surface area contributed by atoms with Crippen LogP contribution in [0.15, 0.2) is 103 Å². The van der Waals surface area contributed by atoms with Gasteiger partial charge in [0, 0.05) is 22.0 Å². The van der Waals surface area contributed by atoms with E-state index >= 15 is 4.57 Å². The van der Waals surface area contributed by atoms with Crippen LogP contribution in [0, 0.1) is 41.5 Å². The molecule has 3 nitrogen and oxygen atoms in total. The van der Waals surface area contributed by atoms with Gasteiger partial charge in [-0.05, 0) is 86.6 Å². The second-order valence-corrected chi connectivity index (χ2v) is 13.7. The van der Waals surface area contributed by atoms with Gasteiger partial charge < -0.3 is 4.57 Å². The van der Waals surface area contributed by atoms with Gasteiger partial charge in [0.2, 0.25) is 18.2 Å². The van der Waals surface area contributed by atoms with Gasteiger partial charge in [-0.3, -0.25) is 9.59 Å². The Bertz CT molecular complexity index is 1770. The van der Waals surface area contributed by atoms with E-state index in [-0.39, 0.29) is 5.30 Å². The maximum atomic E-state index is 15.9. The van der Waals surface area contributed by atoms with Crippen LogP contribution in [0.3, 0.4) is 0 Å². The highest BCUT2D eigenvalue weighted by Crippen LogP contribution is 2.55. The molecule has 42 heavy (non-hydrogen) atoms. The third kappa shape index (κ3) is 5.10. The summed E-state index contributed by atoms with van der Waals surface area (Å²) >= 11 is 0. The van der Waals surface area contributed by atoms with Crippen LogP contribution in [0.1, 0.15) is 54.1 Å². The van der Waals surface area contributed by atoms with E-state index in [1.54, 1.807) is 12.1 Å². The van der Waals surface area contributed by atoms with E-state index in [9.17, 15) is 9.59 Å². The lowest BCUT2D eigenvalue weighted by atomic mass is 9.94. The zero-order valence-electron chi connectivity index (χ0n) is 25.0. The molecule has 0 unspecified atom stereocenters. The first-order valence-electron chi connectivity index (χ1n) is 14.1. The van der Waals surface area contributed by atoms with Gasteiger partial charge in [-0.15, -0.1) is 0 Å². The molecule has 210 valence electrons. The molecule has 0 amide bonds. The summed E-state index contributed by atoms with van der Waals surface area (Å²) in [7, 11) is -4.46. The molecule has 0 aromatic heterocycles. The minimum atomic E-state index is -4.46. The van der Waals surface area contributed by atoms with Crippen molar-refractivity contribution in [2.45, 2.75) is 41.5 Å². The first-order valence-corrected chi connectivity index (χ1v) is 15.8. The van der Waals surface area contributed by atoms with Crippen LogP contribution in [0.5, 0.6) is 0 Å². The Hall–Kier alpha value is -4.33. The third-order valence-corrected chi connectivity index (χ3v) is 10.5. The monoisotopic (exact) mass is 570 g/mol. The lowest BCUT2D eigenvalue weighted by Crippen LogP contribution is -2.25. The molecule has 0 N–H and O–H groups in total. The van der Waals surface area contributed by atoms with Crippen LogP contribution >= 0.6 is 7.14 Å². The fourth-order valence-corrected chi connectivity index (χ4v) is 9.05. The molecule has 0 fully saturated rings. The van der Waals surface area contributed by atoms with E-state index in [0.29, 0.717) is 38.9 Å². The summed E-state index contributed by atoms with van der Waals surface area (Å²) in [4.78, 5) is 29.7. The Labute approximate surface area is 248 Å². The SMILES string of the molecule is Cc1cc(C)c(C(=O)P(=O)(C(=O)c2c(C)cc(C)cc2C)c2cccc(-c3ccccc3)c2-c2ccccc2)c(C)c1. The molecule has 0 aliphatic carbocycles. The zero-order valence-corrected chi connectivity index (χ0v) is 25.9. The topological polar surface area (TPSA) is 51.2 Å². The number of carbonyl (C=O) groups is 2. The van der Waals surface area contributed by atoms with Crippen molar-refractivity contribution >= 4 is 23.5 Å². The summed E-state index contributed by atoms with van der Waals surface area (Å²) in [6.07, 6.45) is 0. The molecule has 5 aromatic rings. The fraction of sp³-hybridized carbons (Fsp3) is 0.158. The van der Waals surface area contributed by atoms with Gasteiger partial charge in [0.25, 0.3) is 0 Å². The number of rotatable bonds is 7. The van der Waals surface area contributed by atoms with E-state index < -0.39 is 18.2 Å². The van der Waals surface area contributed by atoms with Crippen LogP contribution in [-0.4, -0.2) is 11.0 Å². The van der Waals surface area contributed by atoms with E-state index in [2.05, 4.69) is 0 Å². The van der Waals surface area contributed by atoms with E-state index in [0.717, 1.165) is 27.8 Å². The van der Waals surface area contributed by atoms with Gasteiger partial charge in [-0.1, -0.05) is 108 Å². The molecule has 5 aromatic carbocycles. The van der Waals surface area contributed by atoms with Gasteiger partial charge >= 0.3 is 0 Å². The van der Waals surface area contributed by atoms with Crippen molar-refractivity contribution in [3.05, 3.63) is 148 Å². The summed E-state index contributed by atoms with van der Waals surface area (Å²) < 4.78 is 15.9. The van der Waals surface area contributed by atoms with Crippen LogP contribution in [0.2, 0.25) is 0 Å². The van der Waals surface area contributed by atoms with Crippen LogP contribution in [-0.2, 0) is 4.57 Å². The zero-order chi connectivity index (χ0) is 30.2. The fourth-order valence-electron chi connectivity index (χ4n) is 6.23. The Morgan fingerprint density at radius 3 is 1.33 bits per heavy atom. The first kappa shape index (κ1) is 29.2. The van der Waals surface area contributed by atoms with Crippen molar-refractivity contribution in [3.8, 4) is 22.3 Å². The minimum absolute atomic E-state index is 0.267. The molecule has 0 heterocycles. The molecule has 5 rings (SSSR count). The molecule has 0 aliphatic rings. The van der Waals surface area contributed by atoms with Crippen LogP contribution in [0.4, 0.5) is 0 Å². The summed E-state index contributed by atoms with van der Waals surface area (Å²) in [6, 6.07) is 32.6. The quantitative estimate of drug-likeness (QED) is 0.183. The summed E-state index contributed by atoms with van der Waals surface area (Å²) in [5.74, 6) is 0. The highest BCUT2D eigenvalue weighted by molar-refractivity contribution is 8.01. The number of hydrogen-bond acceptors (Lipinski definition) is 3. The van der Waals surface area contributed by atoms with E-state index in [4.69, 9.17) is 0 Å². The number of benzene rings is 5. The lowest BCUT2D eigenvalue weighted by molar-refractivity contribution is 0.104. The molecular formula is C38H35O3P. The average Bonchev–Trinajstić information content (AvgIpc) is 2.96. The molecule has 0 spiro atoms. The van der Waals surface area contributed by atoms with E-state index in [1.807, 2.05) is 133 Å². The standard InChI is InChI=1S/C38H35O3P/c1-24-20-26(3)34(27(4)21-24)37(39)42(41,38(40)35-28(5)22-25(2)23-29(35)6)33-19-13-18-32(30-14-9-7-10-15-30)36(33)31-16-11-8-12-17-31/h7-23H,1-6H3. The second kappa shape index (κ2) is 11.5. The molecule has 0 radical (unpaired) electrons. The van der Waals surface area contributed by atoms with Gasteiger partial charge in [0.15, 0.2) is 0 Å². The predicted octanol–water partition coefficient (Wildman–Crippen LogP) is 9.54. The Morgan fingerprint density at radius 1 is 0.500 bits per heavy atom. The Balaban J connectivity index is 1.91. The average molecular weight is 571 g/mol. The van der Waals surface area contributed by atoms with Crippen molar-refractivity contribution < 1.29 is 14.2 Å². The third-order valence-electron chi connectivity index (χ3n) is 7.88. The van der Waals surface area contributed by atoms with Crippen molar-refractivity contribution in [1.29, 1.82) is 0 Å². The predicted molar refractivity (Wildman–Crippen MR) is 175 cm³/mol. The molecule has 0 atom stereocenters.